The highest BCUT2D eigenvalue weighted by atomic mass is 32.2. The first-order valence-electron chi connectivity index (χ1n) is 12.2. The van der Waals surface area contributed by atoms with Gasteiger partial charge in [0.15, 0.2) is 0 Å². The number of esters is 1. The van der Waals surface area contributed by atoms with E-state index in [4.69, 9.17) is 4.74 Å². The standard InChI is InChI=1S/C26H35N3O5S/c1-4-10-25(30)27-22-14-15-23(29-16-9-13-21(18-29)26(31)34-5-2)24(17-22)35(32,33)28-19(3)20-11-7-6-8-12-20/h6-8,11-12,14-15,17,19,21,28H,4-5,9-10,13,16,18H2,1-3H3,(H,27,30)/t19-,21+/m1/s1. The first kappa shape index (κ1) is 26.7. The minimum Gasteiger partial charge on any atom is -0.466 e. The summed E-state index contributed by atoms with van der Waals surface area (Å²) in [5, 5.41) is 2.79. The van der Waals surface area contributed by atoms with Crippen molar-refractivity contribution in [2.24, 2.45) is 5.92 Å². The van der Waals surface area contributed by atoms with Gasteiger partial charge < -0.3 is 15.0 Å². The number of piperidine rings is 1. The van der Waals surface area contributed by atoms with Gasteiger partial charge in [0.05, 0.1) is 18.2 Å². The van der Waals surface area contributed by atoms with Crippen LogP contribution in [0.5, 0.6) is 0 Å². The van der Waals surface area contributed by atoms with Gasteiger partial charge in [0.2, 0.25) is 15.9 Å². The molecule has 2 aromatic rings. The Labute approximate surface area is 208 Å². The molecule has 1 aliphatic rings. The van der Waals surface area contributed by atoms with Crippen molar-refractivity contribution in [2.45, 2.75) is 57.4 Å². The number of sulfonamides is 1. The molecule has 1 fully saturated rings. The van der Waals surface area contributed by atoms with Crippen LogP contribution in [-0.4, -0.2) is 40.0 Å². The Balaban J connectivity index is 1.95. The molecule has 0 radical (unpaired) electrons. The normalized spacial score (nSPS) is 17.0. The van der Waals surface area contributed by atoms with Crippen molar-refractivity contribution in [1.29, 1.82) is 0 Å². The number of nitrogens with one attached hydrogen (secondary N) is 2. The lowest BCUT2D eigenvalue weighted by Crippen LogP contribution is -2.40. The molecule has 0 unspecified atom stereocenters. The molecule has 1 heterocycles. The topological polar surface area (TPSA) is 105 Å². The SMILES string of the molecule is CCCC(=O)Nc1ccc(N2CCC[C@H](C(=O)OCC)C2)c(S(=O)(=O)N[C@H](C)c2ccccc2)c1. The van der Waals surface area contributed by atoms with Crippen LogP contribution in [0, 0.1) is 5.92 Å². The third-order valence-electron chi connectivity index (χ3n) is 6.02. The summed E-state index contributed by atoms with van der Waals surface area (Å²) in [6.45, 7) is 6.77. The maximum atomic E-state index is 13.6. The molecule has 1 amide bonds. The molecule has 1 aliphatic heterocycles. The van der Waals surface area contributed by atoms with Crippen LogP contribution in [0.4, 0.5) is 11.4 Å². The predicted molar refractivity (Wildman–Crippen MR) is 137 cm³/mol. The zero-order chi connectivity index (χ0) is 25.4. The van der Waals surface area contributed by atoms with Crippen molar-refractivity contribution in [3.8, 4) is 0 Å². The fourth-order valence-electron chi connectivity index (χ4n) is 4.27. The first-order chi connectivity index (χ1) is 16.7. The molecule has 2 aromatic carbocycles. The van der Waals surface area contributed by atoms with Crippen LogP contribution in [-0.2, 0) is 24.3 Å². The van der Waals surface area contributed by atoms with Gasteiger partial charge in [0.25, 0.3) is 0 Å². The Morgan fingerprint density at radius 3 is 2.57 bits per heavy atom. The Bertz CT molecular complexity index is 1120. The molecule has 0 aliphatic carbocycles. The van der Waals surface area contributed by atoms with Crippen molar-refractivity contribution < 1.29 is 22.7 Å². The summed E-state index contributed by atoms with van der Waals surface area (Å²) < 4.78 is 35.2. The van der Waals surface area contributed by atoms with Crippen molar-refractivity contribution in [2.75, 3.05) is 29.9 Å². The van der Waals surface area contributed by atoms with Crippen LogP contribution >= 0.6 is 0 Å². The summed E-state index contributed by atoms with van der Waals surface area (Å²) >= 11 is 0. The van der Waals surface area contributed by atoms with E-state index in [1.165, 1.54) is 6.07 Å². The Hall–Kier alpha value is -2.91. The van der Waals surface area contributed by atoms with E-state index >= 15 is 0 Å². The Morgan fingerprint density at radius 1 is 1.14 bits per heavy atom. The van der Waals surface area contributed by atoms with E-state index in [2.05, 4.69) is 10.0 Å². The molecule has 8 nitrogen and oxygen atoms in total. The van der Waals surface area contributed by atoms with Crippen LogP contribution in [0.25, 0.3) is 0 Å². The summed E-state index contributed by atoms with van der Waals surface area (Å²) in [5.74, 6) is -0.755. The maximum absolute atomic E-state index is 13.6. The third-order valence-corrected chi connectivity index (χ3v) is 7.59. The molecule has 2 atom stereocenters. The molecule has 9 heteroatoms. The lowest BCUT2D eigenvalue weighted by atomic mass is 9.97. The number of hydrogen-bond donors (Lipinski definition) is 2. The van der Waals surface area contributed by atoms with Gasteiger partial charge in [-0.15, -0.1) is 0 Å². The quantitative estimate of drug-likeness (QED) is 0.472. The minimum atomic E-state index is -3.97. The molecule has 0 saturated carbocycles. The molecule has 0 spiro atoms. The van der Waals surface area contributed by atoms with Gasteiger partial charge in [-0.2, -0.15) is 0 Å². The first-order valence-corrected chi connectivity index (χ1v) is 13.7. The molecular weight excluding hydrogens is 466 g/mol. The second-order valence-electron chi connectivity index (χ2n) is 8.77. The highest BCUT2D eigenvalue weighted by molar-refractivity contribution is 7.89. The van der Waals surface area contributed by atoms with E-state index in [0.717, 1.165) is 12.0 Å². The van der Waals surface area contributed by atoms with Crippen LogP contribution in [0.3, 0.4) is 0 Å². The number of nitrogens with zero attached hydrogens (tertiary/aromatic N) is 1. The number of amides is 1. The number of carbonyl (C=O) groups excluding carboxylic acids is 2. The fraction of sp³-hybridized carbons (Fsp3) is 0.462. The zero-order valence-electron chi connectivity index (χ0n) is 20.6. The second-order valence-corrected chi connectivity index (χ2v) is 10.5. The van der Waals surface area contributed by atoms with Crippen LogP contribution in [0.15, 0.2) is 53.4 Å². The summed E-state index contributed by atoms with van der Waals surface area (Å²) in [6.07, 6.45) is 2.48. The largest absolute Gasteiger partial charge is 0.466 e. The van der Waals surface area contributed by atoms with Gasteiger partial charge in [-0.3, -0.25) is 9.59 Å². The number of benzene rings is 2. The maximum Gasteiger partial charge on any atom is 0.310 e. The van der Waals surface area contributed by atoms with E-state index in [1.54, 1.807) is 26.0 Å². The molecular formula is C26H35N3O5S. The summed E-state index contributed by atoms with van der Waals surface area (Å²) in [4.78, 5) is 26.5. The van der Waals surface area contributed by atoms with Crippen molar-refractivity contribution in [1.82, 2.24) is 4.72 Å². The molecule has 0 aromatic heterocycles. The molecule has 3 rings (SSSR count). The zero-order valence-corrected chi connectivity index (χ0v) is 21.4. The van der Waals surface area contributed by atoms with E-state index in [0.29, 0.717) is 50.3 Å². The highest BCUT2D eigenvalue weighted by Crippen LogP contribution is 2.33. The average Bonchev–Trinajstić information content (AvgIpc) is 2.84. The number of carbonyl (C=O) groups is 2. The lowest BCUT2D eigenvalue weighted by Gasteiger charge is -2.34. The summed E-state index contributed by atoms with van der Waals surface area (Å²) in [7, 11) is -3.97. The number of rotatable bonds is 10. The van der Waals surface area contributed by atoms with Crippen molar-refractivity contribution >= 4 is 33.3 Å². The predicted octanol–water partition coefficient (Wildman–Crippen LogP) is 4.24. The van der Waals surface area contributed by atoms with E-state index < -0.39 is 16.1 Å². The molecule has 2 N–H and O–H groups in total. The minimum absolute atomic E-state index is 0.0686. The van der Waals surface area contributed by atoms with Crippen LogP contribution in [0.2, 0.25) is 0 Å². The smallest absolute Gasteiger partial charge is 0.310 e. The number of anilines is 2. The van der Waals surface area contributed by atoms with Crippen molar-refractivity contribution in [3.63, 3.8) is 0 Å². The Morgan fingerprint density at radius 2 is 1.89 bits per heavy atom. The van der Waals surface area contributed by atoms with Crippen molar-refractivity contribution in [3.05, 3.63) is 54.1 Å². The Kier molecular flexibility index (Phi) is 9.28. The van der Waals surface area contributed by atoms with E-state index in [1.807, 2.05) is 42.2 Å². The van der Waals surface area contributed by atoms with Gasteiger partial charge in [0, 0.05) is 31.2 Å². The van der Waals surface area contributed by atoms with Gasteiger partial charge in [-0.05, 0) is 56.9 Å². The molecule has 190 valence electrons. The number of hydrogen-bond acceptors (Lipinski definition) is 6. The lowest BCUT2D eigenvalue weighted by molar-refractivity contribution is -0.148. The monoisotopic (exact) mass is 501 g/mol. The van der Waals surface area contributed by atoms with Crippen LogP contribution < -0.4 is 14.9 Å². The molecule has 0 bridgehead atoms. The van der Waals surface area contributed by atoms with Gasteiger partial charge in [-0.25, -0.2) is 13.1 Å². The molecule has 35 heavy (non-hydrogen) atoms. The average molecular weight is 502 g/mol. The van der Waals surface area contributed by atoms with Gasteiger partial charge in [-0.1, -0.05) is 37.3 Å². The summed E-state index contributed by atoms with van der Waals surface area (Å²) in [5.41, 5.74) is 1.75. The van der Waals surface area contributed by atoms with Gasteiger partial charge in [0.1, 0.15) is 4.90 Å². The molecule has 1 saturated heterocycles. The second kappa shape index (κ2) is 12.2. The van der Waals surface area contributed by atoms with Crippen LogP contribution in [0.1, 0.15) is 58.1 Å². The third kappa shape index (κ3) is 7.05. The fourth-order valence-corrected chi connectivity index (χ4v) is 5.76. The highest BCUT2D eigenvalue weighted by Gasteiger charge is 2.31. The van der Waals surface area contributed by atoms with E-state index in [9.17, 15) is 18.0 Å². The number of ether oxygens (including phenoxy) is 1. The van der Waals surface area contributed by atoms with Gasteiger partial charge >= 0.3 is 5.97 Å². The summed E-state index contributed by atoms with van der Waals surface area (Å²) in [6, 6.07) is 13.8. The van der Waals surface area contributed by atoms with E-state index in [-0.39, 0.29) is 22.7 Å².